The number of nitrogens with zero attached hydrogens (tertiary/aromatic N) is 2. The van der Waals surface area contributed by atoms with Gasteiger partial charge in [0.15, 0.2) is 0 Å². The van der Waals surface area contributed by atoms with Crippen LogP contribution in [0.4, 0.5) is 6.01 Å². The third-order valence-corrected chi connectivity index (χ3v) is 2.69. The van der Waals surface area contributed by atoms with Gasteiger partial charge < -0.3 is 14.5 Å². The van der Waals surface area contributed by atoms with E-state index in [1.807, 2.05) is 0 Å². The number of aromatic nitrogens is 2. The molecule has 1 N–H and O–H groups in total. The largest absolute Gasteiger partial charge is 0.407 e. The quantitative estimate of drug-likeness (QED) is 0.799. The summed E-state index contributed by atoms with van der Waals surface area (Å²) in [4.78, 5) is 0. The molecular formula is C9H14ClN3O2. The van der Waals surface area contributed by atoms with Crippen molar-refractivity contribution in [3.63, 3.8) is 0 Å². The monoisotopic (exact) mass is 231 g/mol. The van der Waals surface area contributed by atoms with Crippen molar-refractivity contribution in [3.05, 3.63) is 5.89 Å². The van der Waals surface area contributed by atoms with Gasteiger partial charge in [0.25, 0.3) is 0 Å². The Hall–Kier alpha value is -0.810. The molecule has 0 aromatic carbocycles. The molecule has 0 atom stereocenters. The second kappa shape index (κ2) is 5.32. The highest BCUT2D eigenvalue weighted by atomic mass is 35.5. The molecule has 84 valence electrons. The minimum Gasteiger partial charge on any atom is -0.407 e. The molecule has 0 bridgehead atoms. The van der Waals surface area contributed by atoms with Crippen molar-refractivity contribution in [1.82, 2.24) is 10.2 Å². The van der Waals surface area contributed by atoms with Gasteiger partial charge in [0.1, 0.15) is 5.88 Å². The molecule has 0 aliphatic carbocycles. The Morgan fingerprint density at radius 2 is 2.13 bits per heavy atom. The van der Waals surface area contributed by atoms with Crippen LogP contribution in [0.15, 0.2) is 4.42 Å². The molecule has 1 aromatic rings. The lowest BCUT2D eigenvalue weighted by molar-refractivity contribution is 0.0698. The third kappa shape index (κ3) is 3.07. The Balaban J connectivity index is 1.76. The molecule has 2 rings (SSSR count). The Bertz CT molecular complexity index is 299. The number of halogens is 1. The summed E-state index contributed by atoms with van der Waals surface area (Å²) >= 11 is 5.55. The van der Waals surface area contributed by atoms with Crippen molar-refractivity contribution in [1.29, 1.82) is 0 Å². The molecule has 0 spiro atoms. The fraction of sp³-hybridized carbons (Fsp3) is 0.778. The highest BCUT2D eigenvalue weighted by Gasteiger charge is 2.14. The fourth-order valence-corrected chi connectivity index (χ4v) is 1.67. The van der Waals surface area contributed by atoms with Crippen molar-refractivity contribution in [2.45, 2.75) is 18.7 Å². The second-order valence-corrected chi connectivity index (χ2v) is 3.84. The average molecular weight is 232 g/mol. The first-order valence-electron chi connectivity index (χ1n) is 5.08. The molecule has 2 heterocycles. The van der Waals surface area contributed by atoms with Crippen LogP contribution in [0.3, 0.4) is 0 Å². The van der Waals surface area contributed by atoms with Gasteiger partial charge in [0.05, 0.1) is 0 Å². The van der Waals surface area contributed by atoms with Gasteiger partial charge in [-0.05, 0) is 18.8 Å². The zero-order chi connectivity index (χ0) is 10.5. The highest BCUT2D eigenvalue weighted by molar-refractivity contribution is 6.16. The number of ether oxygens (including phenoxy) is 1. The topological polar surface area (TPSA) is 60.2 Å². The van der Waals surface area contributed by atoms with E-state index in [0.29, 0.717) is 17.8 Å². The molecule has 1 aromatic heterocycles. The van der Waals surface area contributed by atoms with Crippen LogP contribution in [0, 0.1) is 5.92 Å². The number of rotatable bonds is 4. The molecule has 6 heteroatoms. The molecule has 1 saturated heterocycles. The average Bonchev–Trinajstić information content (AvgIpc) is 2.76. The second-order valence-electron chi connectivity index (χ2n) is 3.57. The summed E-state index contributed by atoms with van der Waals surface area (Å²) in [6.45, 7) is 2.56. The lowest BCUT2D eigenvalue weighted by Gasteiger charge is -2.21. The predicted octanol–water partition coefficient (Wildman–Crippen LogP) is 1.65. The van der Waals surface area contributed by atoms with E-state index in [4.69, 9.17) is 20.8 Å². The van der Waals surface area contributed by atoms with Crippen LogP contribution in [0.5, 0.6) is 0 Å². The molecule has 1 fully saturated rings. The summed E-state index contributed by atoms with van der Waals surface area (Å²) in [6.07, 6.45) is 2.17. The Labute approximate surface area is 93.1 Å². The molecule has 0 radical (unpaired) electrons. The van der Waals surface area contributed by atoms with Crippen molar-refractivity contribution in [3.8, 4) is 0 Å². The number of hydrogen-bond acceptors (Lipinski definition) is 5. The number of hydrogen-bond donors (Lipinski definition) is 1. The van der Waals surface area contributed by atoms with Crippen molar-refractivity contribution < 1.29 is 9.15 Å². The van der Waals surface area contributed by atoms with Gasteiger partial charge in [-0.25, -0.2) is 0 Å². The summed E-state index contributed by atoms with van der Waals surface area (Å²) in [5, 5.41) is 10.7. The first-order chi connectivity index (χ1) is 7.38. The van der Waals surface area contributed by atoms with Crippen LogP contribution in [0.25, 0.3) is 0 Å². The van der Waals surface area contributed by atoms with Gasteiger partial charge in [-0.15, -0.1) is 16.7 Å². The van der Waals surface area contributed by atoms with E-state index >= 15 is 0 Å². The third-order valence-electron chi connectivity index (χ3n) is 2.46. The fourth-order valence-electron chi connectivity index (χ4n) is 1.56. The summed E-state index contributed by atoms with van der Waals surface area (Å²) in [7, 11) is 0. The van der Waals surface area contributed by atoms with Gasteiger partial charge in [-0.1, -0.05) is 5.10 Å². The van der Waals surface area contributed by atoms with E-state index in [0.717, 1.165) is 32.6 Å². The number of anilines is 1. The van der Waals surface area contributed by atoms with E-state index in [1.54, 1.807) is 0 Å². The molecule has 1 aliphatic rings. The summed E-state index contributed by atoms with van der Waals surface area (Å²) in [5.74, 6) is 1.34. The molecule has 0 unspecified atom stereocenters. The lowest BCUT2D eigenvalue weighted by atomic mass is 10.0. The maximum atomic E-state index is 5.55. The van der Waals surface area contributed by atoms with Crippen LogP contribution < -0.4 is 5.32 Å². The summed E-state index contributed by atoms with van der Waals surface area (Å²) in [6, 6.07) is 0.456. The maximum Gasteiger partial charge on any atom is 0.315 e. The molecule has 1 aliphatic heterocycles. The standard InChI is InChI=1S/C9H14ClN3O2/c10-5-8-12-13-9(15-8)11-6-7-1-3-14-4-2-7/h7H,1-6H2,(H,11,13). The van der Waals surface area contributed by atoms with Crippen molar-refractivity contribution in [2.24, 2.45) is 5.92 Å². The van der Waals surface area contributed by atoms with Gasteiger partial charge >= 0.3 is 6.01 Å². The smallest absolute Gasteiger partial charge is 0.315 e. The number of nitrogens with one attached hydrogen (secondary N) is 1. The molecule has 15 heavy (non-hydrogen) atoms. The van der Waals surface area contributed by atoms with Gasteiger partial charge in [-0.2, -0.15) is 0 Å². The summed E-state index contributed by atoms with van der Waals surface area (Å²) in [5.41, 5.74) is 0. The van der Waals surface area contributed by atoms with Gasteiger partial charge in [0.2, 0.25) is 5.89 Å². The highest BCUT2D eigenvalue weighted by Crippen LogP contribution is 2.15. The van der Waals surface area contributed by atoms with Gasteiger partial charge in [-0.3, -0.25) is 0 Å². The van der Waals surface area contributed by atoms with Crippen LogP contribution in [-0.4, -0.2) is 30.0 Å². The maximum absolute atomic E-state index is 5.55. The zero-order valence-electron chi connectivity index (χ0n) is 8.41. The van der Waals surface area contributed by atoms with E-state index in [2.05, 4.69) is 15.5 Å². The minimum absolute atomic E-state index is 0.256. The molecule has 0 amide bonds. The van der Waals surface area contributed by atoms with Crippen LogP contribution in [-0.2, 0) is 10.6 Å². The molecular weight excluding hydrogens is 218 g/mol. The van der Waals surface area contributed by atoms with E-state index in [9.17, 15) is 0 Å². The first kappa shape index (κ1) is 10.7. The zero-order valence-corrected chi connectivity index (χ0v) is 9.16. The van der Waals surface area contributed by atoms with Crippen molar-refractivity contribution in [2.75, 3.05) is 25.1 Å². The van der Waals surface area contributed by atoms with Crippen LogP contribution in [0.1, 0.15) is 18.7 Å². The number of alkyl halides is 1. The SMILES string of the molecule is ClCc1nnc(NCC2CCOCC2)o1. The molecule has 5 nitrogen and oxygen atoms in total. The van der Waals surface area contributed by atoms with E-state index in [1.165, 1.54) is 0 Å². The lowest BCUT2D eigenvalue weighted by Crippen LogP contribution is -2.22. The Morgan fingerprint density at radius 1 is 1.33 bits per heavy atom. The van der Waals surface area contributed by atoms with E-state index < -0.39 is 0 Å². The predicted molar refractivity (Wildman–Crippen MR) is 55.9 cm³/mol. The first-order valence-corrected chi connectivity index (χ1v) is 5.62. The minimum atomic E-state index is 0.256. The van der Waals surface area contributed by atoms with Gasteiger partial charge in [0, 0.05) is 19.8 Å². The Morgan fingerprint density at radius 3 is 2.80 bits per heavy atom. The summed E-state index contributed by atoms with van der Waals surface area (Å²) < 4.78 is 10.5. The normalized spacial score (nSPS) is 17.9. The molecule has 0 saturated carbocycles. The Kier molecular flexibility index (Phi) is 3.80. The van der Waals surface area contributed by atoms with Crippen molar-refractivity contribution >= 4 is 17.6 Å². The van der Waals surface area contributed by atoms with Crippen LogP contribution >= 0.6 is 11.6 Å². The van der Waals surface area contributed by atoms with E-state index in [-0.39, 0.29) is 5.88 Å². The van der Waals surface area contributed by atoms with Crippen LogP contribution in [0.2, 0.25) is 0 Å².